The van der Waals surface area contributed by atoms with Crippen LogP contribution in [0, 0.1) is 17.1 Å². The molecule has 184 valence electrons. The van der Waals surface area contributed by atoms with Crippen LogP contribution in [0.25, 0.3) is 6.08 Å². The van der Waals surface area contributed by atoms with Gasteiger partial charge in [-0.1, -0.05) is 18.2 Å². The molecule has 0 spiro atoms. The van der Waals surface area contributed by atoms with Crippen LogP contribution in [0.1, 0.15) is 12.5 Å². The van der Waals surface area contributed by atoms with Gasteiger partial charge in [-0.15, -0.1) is 0 Å². The van der Waals surface area contributed by atoms with E-state index >= 15 is 0 Å². The zero-order valence-electron chi connectivity index (χ0n) is 19.7. The second-order valence-corrected chi connectivity index (χ2v) is 7.31. The molecule has 0 aromatic heterocycles. The Labute approximate surface area is 207 Å². The monoisotopic (exact) mass is 489 g/mol. The van der Waals surface area contributed by atoms with Gasteiger partial charge in [-0.05, 0) is 67.1 Å². The first-order chi connectivity index (χ1) is 17.4. The van der Waals surface area contributed by atoms with Gasteiger partial charge in [-0.25, -0.2) is 4.39 Å². The molecule has 0 atom stereocenters. The van der Waals surface area contributed by atoms with E-state index in [1.807, 2.05) is 13.0 Å². The van der Waals surface area contributed by atoms with Gasteiger partial charge in [0, 0.05) is 5.69 Å². The fraction of sp³-hybridized carbons (Fsp3) is 0.148. The Morgan fingerprint density at radius 1 is 1.00 bits per heavy atom. The first kappa shape index (κ1) is 25.8. The Bertz CT molecular complexity index is 1300. The van der Waals surface area contributed by atoms with Gasteiger partial charge >= 0.3 is 0 Å². The summed E-state index contributed by atoms with van der Waals surface area (Å²) in [6.45, 7) is 2.02. The number of para-hydroxylation sites is 1. The standard InChI is InChI=1S/C27H24FN3O5/c1-3-35-21-11-9-20(10-12-21)30-27(33)19(16-29)14-18-8-13-24(25(15-18)34-2)36-17-26(32)31-23-7-5-4-6-22(23)28/h4-15H,3,17H2,1-2H3,(H,30,33)(H,31,32)/b19-14+. The van der Waals surface area contributed by atoms with Gasteiger partial charge in [-0.3, -0.25) is 9.59 Å². The molecular weight excluding hydrogens is 465 g/mol. The Balaban J connectivity index is 1.66. The van der Waals surface area contributed by atoms with Crippen LogP contribution in [0.3, 0.4) is 0 Å². The lowest BCUT2D eigenvalue weighted by Crippen LogP contribution is -2.20. The summed E-state index contributed by atoms with van der Waals surface area (Å²) in [7, 11) is 1.42. The van der Waals surface area contributed by atoms with Crippen LogP contribution in [0.2, 0.25) is 0 Å². The highest BCUT2D eigenvalue weighted by Crippen LogP contribution is 2.29. The molecule has 0 heterocycles. The first-order valence-corrected chi connectivity index (χ1v) is 10.9. The third kappa shape index (κ3) is 7.08. The van der Waals surface area contributed by atoms with E-state index in [4.69, 9.17) is 14.2 Å². The summed E-state index contributed by atoms with van der Waals surface area (Å²) in [5.41, 5.74) is 0.947. The lowest BCUT2D eigenvalue weighted by atomic mass is 10.1. The van der Waals surface area contributed by atoms with Crippen LogP contribution in [0.15, 0.2) is 72.3 Å². The molecule has 0 unspecified atom stereocenters. The molecule has 3 rings (SSSR count). The molecule has 0 saturated heterocycles. The van der Waals surface area contributed by atoms with Crippen molar-refractivity contribution < 1.29 is 28.2 Å². The van der Waals surface area contributed by atoms with Gasteiger partial charge in [0.25, 0.3) is 11.8 Å². The van der Waals surface area contributed by atoms with Crippen LogP contribution >= 0.6 is 0 Å². The number of carbonyl (C=O) groups excluding carboxylic acids is 2. The van der Waals surface area contributed by atoms with E-state index in [0.717, 1.165) is 0 Å². The molecule has 36 heavy (non-hydrogen) atoms. The molecule has 3 aromatic carbocycles. The molecule has 0 aliphatic rings. The maximum atomic E-state index is 13.7. The van der Waals surface area contributed by atoms with Crippen molar-refractivity contribution in [2.24, 2.45) is 0 Å². The van der Waals surface area contributed by atoms with Crippen molar-refractivity contribution in [3.05, 3.63) is 83.7 Å². The van der Waals surface area contributed by atoms with Crippen molar-refractivity contribution in [3.63, 3.8) is 0 Å². The second kappa shape index (κ2) is 12.6. The molecule has 0 saturated carbocycles. The van der Waals surface area contributed by atoms with Crippen LogP contribution < -0.4 is 24.8 Å². The van der Waals surface area contributed by atoms with Crippen LogP contribution in [0.5, 0.6) is 17.2 Å². The van der Waals surface area contributed by atoms with E-state index in [2.05, 4.69) is 10.6 Å². The number of ether oxygens (including phenoxy) is 3. The van der Waals surface area contributed by atoms with Gasteiger partial charge < -0.3 is 24.8 Å². The first-order valence-electron chi connectivity index (χ1n) is 10.9. The largest absolute Gasteiger partial charge is 0.494 e. The van der Waals surface area contributed by atoms with Crippen molar-refractivity contribution in [3.8, 4) is 23.3 Å². The molecule has 0 bridgehead atoms. The van der Waals surface area contributed by atoms with E-state index in [9.17, 15) is 19.2 Å². The van der Waals surface area contributed by atoms with E-state index in [-0.39, 0.29) is 29.4 Å². The Morgan fingerprint density at radius 3 is 2.42 bits per heavy atom. The summed E-state index contributed by atoms with van der Waals surface area (Å²) in [4.78, 5) is 24.7. The van der Waals surface area contributed by atoms with Crippen molar-refractivity contribution in [1.82, 2.24) is 0 Å². The summed E-state index contributed by atoms with van der Waals surface area (Å²) in [5.74, 6) is -0.470. The maximum absolute atomic E-state index is 13.7. The van der Waals surface area contributed by atoms with E-state index in [0.29, 0.717) is 23.6 Å². The predicted molar refractivity (Wildman–Crippen MR) is 133 cm³/mol. The van der Waals surface area contributed by atoms with Gasteiger partial charge in [0.1, 0.15) is 23.2 Å². The number of amides is 2. The topological polar surface area (TPSA) is 110 Å². The number of hydrogen-bond acceptors (Lipinski definition) is 6. The molecule has 0 fully saturated rings. The van der Waals surface area contributed by atoms with Crippen LogP contribution in [-0.2, 0) is 9.59 Å². The molecule has 0 radical (unpaired) electrons. The minimum atomic E-state index is -0.578. The number of hydrogen-bond donors (Lipinski definition) is 2. The summed E-state index contributed by atoms with van der Waals surface area (Å²) < 4.78 is 29.9. The van der Waals surface area contributed by atoms with Crippen LogP contribution in [0.4, 0.5) is 15.8 Å². The number of methoxy groups -OCH3 is 1. The van der Waals surface area contributed by atoms with Crippen molar-refractivity contribution in [1.29, 1.82) is 5.26 Å². The second-order valence-electron chi connectivity index (χ2n) is 7.31. The number of nitrogens with one attached hydrogen (secondary N) is 2. The number of nitrogens with zero attached hydrogens (tertiary/aromatic N) is 1. The van der Waals surface area contributed by atoms with Gasteiger partial charge in [0.15, 0.2) is 18.1 Å². The quantitative estimate of drug-likeness (QED) is 0.313. The number of benzene rings is 3. The number of anilines is 2. The highest BCUT2D eigenvalue weighted by molar-refractivity contribution is 6.09. The third-order valence-corrected chi connectivity index (χ3v) is 4.79. The molecular formula is C27H24FN3O5. The third-order valence-electron chi connectivity index (χ3n) is 4.79. The summed E-state index contributed by atoms with van der Waals surface area (Å²) in [5, 5.41) is 14.6. The number of carbonyl (C=O) groups is 2. The Kier molecular flexibility index (Phi) is 9.00. The van der Waals surface area contributed by atoms with Gasteiger partial charge in [0.2, 0.25) is 0 Å². The predicted octanol–water partition coefficient (Wildman–Crippen LogP) is 4.80. The smallest absolute Gasteiger partial charge is 0.266 e. The average molecular weight is 490 g/mol. The lowest BCUT2D eigenvalue weighted by molar-refractivity contribution is -0.118. The highest BCUT2D eigenvalue weighted by Gasteiger charge is 2.13. The normalized spacial score (nSPS) is 10.7. The maximum Gasteiger partial charge on any atom is 0.266 e. The highest BCUT2D eigenvalue weighted by atomic mass is 19.1. The summed E-state index contributed by atoms with van der Waals surface area (Å²) in [6.07, 6.45) is 1.40. The number of rotatable bonds is 10. The van der Waals surface area contributed by atoms with Gasteiger partial charge in [0.05, 0.1) is 19.4 Å². The molecule has 9 heteroatoms. The molecule has 8 nitrogen and oxygen atoms in total. The van der Waals surface area contributed by atoms with Gasteiger partial charge in [-0.2, -0.15) is 5.26 Å². The summed E-state index contributed by atoms with van der Waals surface area (Å²) >= 11 is 0. The molecule has 0 aliphatic carbocycles. The van der Waals surface area contributed by atoms with Crippen molar-refractivity contribution >= 4 is 29.3 Å². The lowest BCUT2D eigenvalue weighted by Gasteiger charge is -2.12. The van der Waals surface area contributed by atoms with E-state index in [1.54, 1.807) is 48.5 Å². The Hall–Kier alpha value is -4.84. The van der Waals surface area contributed by atoms with E-state index < -0.39 is 17.6 Å². The SMILES string of the molecule is CCOc1ccc(NC(=O)/C(C#N)=C/c2ccc(OCC(=O)Nc3ccccc3F)c(OC)c2)cc1. The van der Waals surface area contributed by atoms with Crippen molar-refractivity contribution in [2.45, 2.75) is 6.92 Å². The molecule has 2 amide bonds. The van der Waals surface area contributed by atoms with E-state index in [1.165, 1.54) is 31.4 Å². The minimum absolute atomic E-state index is 0.0473. The summed E-state index contributed by atoms with van der Waals surface area (Å²) in [6, 6.07) is 19.2. The number of nitriles is 1. The molecule has 0 aliphatic heterocycles. The zero-order valence-corrected chi connectivity index (χ0v) is 19.7. The van der Waals surface area contributed by atoms with Crippen molar-refractivity contribution in [2.75, 3.05) is 31.0 Å². The fourth-order valence-electron chi connectivity index (χ4n) is 3.10. The number of halogens is 1. The Morgan fingerprint density at radius 2 is 1.75 bits per heavy atom. The zero-order chi connectivity index (χ0) is 25.9. The minimum Gasteiger partial charge on any atom is -0.494 e. The molecule has 2 N–H and O–H groups in total. The average Bonchev–Trinajstić information content (AvgIpc) is 2.88. The molecule has 3 aromatic rings. The fourth-order valence-corrected chi connectivity index (χ4v) is 3.10. The van der Waals surface area contributed by atoms with Crippen LogP contribution in [-0.4, -0.2) is 32.1 Å².